The molecule has 1 unspecified atom stereocenters. The van der Waals surface area contributed by atoms with Crippen LogP contribution in [-0.2, 0) is 0 Å². The first-order chi connectivity index (χ1) is 8.54. The van der Waals surface area contributed by atoms with Gasteiger partial charge in [-0.1, -0.05) is 0 Å². The Bertz CT molecular complexity index is 511. The van der Waals surface area contributed by atoms with Crippen molar-refractivity contribution in [1.82, 2.24) is 4.90 Å². The van der Waals surface area contributed by atoms with E-state index in [9.17, 15) is 4.79 Å². The maximum atomic E-state index is 12.5. The van der Waals surface area contributed by atoms with Gasteiger partial charge in [0.2, 0.25) is 0 Å². The second kappa shape index (κ2) is 4.85. The predicted molar refractivity (Wildman–Crippen MR) is 67.2 cm³/mol. The lowest BCUT2D eigenvalue weighted by Crippen LogP contribution is -2.39. The van der Waals surface area contributed by atoms with Gasteiger partial charge in [-0.2, -0.15) is 5.26 Å². The van der Waals surface area contributed by atoms with Crippen molar-refractivity contribution in [3.05, 3.63) is 22.6 Å². The van der Waals surface area contributed by atoms with Crippen molar-refractivity contribution >= 4 is 5.91 Å². The van der Waals surface area contributed by atoms with E-state index < -0.39 is 0 Å². The minimum Gasteiger partial charge on any atom is -0.466 e. The highest BCUT2D eigenvalue weighted by atomic mass is 16.3. The molecular weight excluding hydrogens is 228 g/mol. The topological polar surface area (TPSA) is 57.2 Å². The minimum atomic E-state index is -0.0312. The third kappa shape index (κ3) is 2.13. The molecule has 2 heterocycles. The van der Waals surface area contributed by atoms with E-state index in [2.05, 4.69) is 6.07 Å². The van der Waals surface area contributed by atoms with Crippen LogP contribution in [0.3, 0.4) is 0 Å². The number of amides is 1. The Morgan fingerprint density at radius 2 is 2.11 bits per heavy atom. The van der Waals surface area contributed by atoms with Crippen LogP contribution < -0.4 is 0 Å². The third-order valence-electron chi connectivity index (χ3n) is 3.67. The number of aryl methyl sites for hydroxylation is 2. The number of piperidine rings is 1. The fourth-order valence-electron chi connectivity index (χ4n) is 2.53. The van der Waals surface area contributed by atoms with Gasteiger partial charge in [-0.15, -0.1) is 0 Å². The SMILES string of the molecule is Cc1oc(C)c(C(=O)N2CCCC(C#N)C2)c1C. The van der Waals surface area contributed by atoms with E-state index in [0.29, 0.717) is 17.9 Å². The Hall–Kier alpha value is -1.76. The van der Waals surface area contributed by atoms with Gasteiger partial charge in [0.25, 0.3) is 5.91 Å². The molecule has 0 spiro atoms. The molecule has 1 aliphatic heterocycles. The van der Waals surface area contributed by atoms with Crippen LogP contribution in [0.25, 0.3) is 0 Å². The second-order valence-electron chi connectivity index (χ2n) is 4.93. The van der Waals surface area contributed by atoms with E-state index in [1.54, 1.807) is 4.90 Å². The second-order valence-corrected chi connectivity index (χ2v) is 4.93. The first kappa shape index (κ1) is 12.7. The smallest absolute Gasteiger partial charge is 0.257 e. The Morgan fingerprint density at radius 3 is 2.67 bits per heavy atom. The van der Waals surface area contributed by atoms with Crippen molar-refractivity contribution in [2.75, 3.05) is 13.1 Å². The third-order valence-corrected chi connectivity index (χ3v) is 3.67. The summed E-state index contributed by atoms with van der Waals surface area (Å²) in [6.45, 7) is 6.87. The molecule has 1 aromatic rings. The van der Waals surface area contributed by atoms with Crippen molar-refractivity contribution in [3.8, 4) is 6.07 Å². The highest BCUT2D eigenvalue weighted by Crippen LogP contribution is 2.25. The summed E-state index contributed by atoms with van der Waals surface area (Å²) in [4.78, 5) is 14.3. The molecule has 4 nitrogen and oxygen atoms in total. The van der Waals surface area contributed by atoms with Gasteiger partial charge in [0, 0.05) is 18.7 Å². The van der Waals surface area contributed by atoms with Gasteiger partial charge in [-0.05, 0) is 33.6 Å². The summed E-state index contributed by atoms with van der Waals surface area (Å²) in [5.41, 5.74) is 1.59. The van der Waals surface area contributed by atoms with Crippen LogP contribution in [0.5, 0.6) is 0 Å². The van der Waals surface area contributed by atoms with Gasteiger partial charge in [-0.25, -0.2) is 0 Å². The van der Waals surface area contributed by atoms with Crippen LogP contribution in [0.4, 0.5) is 0 Å². The fraction of sp³-hybridized carbons (Fsp3) is 0.571. The standard InChI is InChI=1S/C14H18N2O2/c1-9-10(2)18-11(3)13(9)14(17)16-6-4-5-12(7-15)8-16/h12H,4-6,8H2,1-3H3. The monoisotopic (exact) mass is 246 g/mol. The van der Waals surface area contributed by atoms with E-state index in [1.165, 1.54) is 0 Å². The van der Waals surface area contributed by atoms with Gasteiger partial charge in [-0.3, -0.25) is 4.79 Å². The van der Waals surface area contributed by atoms with E-state index in [-0.39, 0.29) is 11.8 Å². The largest absolute Gasteiger partial charge is 0.466 e. The number of carbonyl (C=O) groups excluding carboxylic acids is 1. The summed E-state index contributed by atoms with van der Waals surface area (Å²) in [7, 11) is 0. The minimum absolute atomic E-state index is 0.00167. The summed E-state index contributed by atoms with van der Waals surface area (Å²) < 4.78 is 5.50. The molecule has 1 aromatic heterocycles. The number of hydrogen-bond acceptors (Lipinski definition) is 3. The summed E-state index contributed by atoms with van der Waals surface area (Å²) in [6, 6.07) is 2.26. The zero-order valence-electron chi connectivity index (χ0n) is 11.1. The Morgan fingerprint density at radius 1 is 1.39 bits per heavy atom. The average Bonchev–Trinajstić information content (AvgIpc) is 2.62. The Balaban J connectivity index is 2.24. The molecule has 1 aliphatic rings. The molecule has 0 aromatic carbocycles. The van der Waals surface area contributed by atoms with Gasteiger partial charge in [0.1, 0.15) is 11.5 Å². The zero-order chi connectivity index (χ0) is 13.3. The molecule has 1 fully saturated rings. The Labute approximate surface area is 107 Å². The number of rotatable bonds is 1. The maximum Gasteiger partial charge on any atom is 0.257 e. The highest BCUT2D eigenvalue weighted by Gasteiger charge is 2.28. The van der Waals surface area contributed by atoms with E-state index in [0.717, 1.165) is 30.7 Å². The molecule has 1 saturated heterocycles. The highest BCUT2D eigenvalue weighted by molar-refractivity contribution is 5.97. The molecular formula is C14H18N2O2. The number of carbonyl (C=O) groups is 1. The molecule has 0 aliphatic carbocycles. The van der Waals surface area contributed by atoms with Crippen LogP contribution in [0.2, 0.25) is 0 Å². The van der Waals surface area contributed by atoms with Crippen LogP contribution in [0, 0.1) is 38.0 Å². The first-order valence-electron chi connectivity index (χ1n) is 6.30. The summed E-state index contributed by atoms with van der Waals surface area (Å²) in [6.07, 6.45) is 1.79. The Kier molecular flexibility index (Phi) is 3.42. The number of nitrogens with zero attached hydrogens (tertiary/aromatic N) is 2. The molecule has 1 amide bonds. The van der Waals surface area contributed by atoms with Crippen molar-refractivity contribution < 1.29 is 9.21 Å². The molecule has 0 bridgehead atoms. The van der Waals surface area contributed by atoms with Crippen molar-refractivity contribution in [1.29, 1.82) is 5.26 Å². The number of nitriles is 1. The quantitative estimate of drug-likeness (QED) is 0.765. The summed E-state index contributed by atoms with van der Waals surface area (Å²) >= 11 is 0. The first-order valence-corrected chi connectivity index (χ1v) is 6.30. The number of likely N-dealkylation sites (tertiary alicyclic amines) is 1. The average molecular weight is 246 g/mol. The van der Waals surface area contributed by atoms with Crippen molar-refractivity contribution in [3.63, 3.8) is 0 Å². The van der Waals surface area contributed by atoms with Gasteiger partial charge < -0.3 is 9.32 Å². The maximum absolute atomic E-state index is 12.5. The lowest BCUT2D eigenvalue weighted by atomic mass is 9.98. The van der Waals surface area contributed by atoms with Crippen molar-refractivity contribution in [2.24, 2.45) is 5.92 Å². The molecule has 0 N–H and O–H groups in total. The zero-order valence-corrected chi connectivity index (χ0v) is 11.1. The van der Waals surface area contributed by atoms with E-state index >= 15 is 0 Å². The molecule has 0 radical (unpaired) electrons. The van der Waals surface area contributed by atoms with E-state index in [4.69, 9.17) is 9.68 Å². The van der Waals surface area contributed by atoms with Crippen LogP contribution in [0.15, 0.2) is 4.42 Å². The predicted octanol–water partition coefficient (Wildman–Crippen LogP) is 2.58. The molecule has 0 saturated carbocycles. The molecule has 18 heavy (non-hydrogen) atoms. The summed E-state index contributed by atoms with van der Waals surface area (Å²) in [5, 5.41) is 8.97. The normalized spacial score (nSPS) is 19.7. The fourth-order valence-corrected chi connectivity index (χ4v) is 2.53. The molecule has 2 rings (SSSR count). The van der Waals surface area contributed by atoms with Crippen molar-refractivity contribution in [2.45, 2.75) is 33.6 Å². The van der Waals surface area contributed by atoms with Gasteiger partial charge in [0.05, 0.1) is 17.6 Å². The van der Waals surface area contributed by atoms with Crippen LogP contribution >= 0.6 is 0 Å². The summed E-state index contributed by atoms with van der Waals surface area (Å²) in [5.74, 6) is 1.44. The molecule has 96 valence electrons. The molecule has 4 heteroatoms. The van der Waals surface area contributed by atoms with E-state index in [1.807, 2.05) is 20.8 Å². The van der Waals surface area contributed by atoms with Gasteiger partial charge >= 0.3 is 0 Å². The lowest BCUT2D eigenvalue weighted by molar-refractivity contribution is 0.0696. The van der Waals surface area contributed by atoms with Gasteiger partial charge in [0.15, 0.2) is 0 Å². The van der Waals surface area contributed by atoms with Crippen LogP contribution in [0.1, 0.15) is 40.3 Å². The molecule has 1 atom stereocenters. The van der Waals surface area contributed by atoms with Crippen LogP contribution in [-0.4, -0.2) is 23.9 Å². The number of hydrogen-bond donors (Lipinski definition) is 0. The lowest BCUT2D eigenvalue weighted by Gasteiger charge is -2.29. The number of furan rings is 1.